The van der Waals surface area contributed by atoms with Crippen molar-refractivity contribution in [2.45, 2.75) is 306 Å². The van der Waals surface area contributed by atoms with Crippen LogP contribution in [0.3, 0.4) is 0 Å². The fourth-order valence-electron chi connectivity index (χ4n) is 9.96. The van der Waals surface area contributed by atoms with Gasteiger partial charge < -0.3 is 65.1 Å². The van der Waals surface area contributed by atoms with Crippen molar-refractivity contribution in [1.29, 1.82) is 0 Å². The highest BCUT2D eigenvalue weighted by Gasteiger charge is 2.51. The molecule has 462 valence electrons. The van der Waals surface area contributed by atoms with Crippen LogP contribution < -0.4 is 5.32 Å². The molecule has 12 atom stereocenters. The maximum Gasteiger partial charge on any atom is 0.220 e. The Morgan fingerprint density at radius 2 is 0.875 bits per heavy atom. The molecule has 0 bridgehead atoms. The Kier molecular flexibility index (Phi) is 46.4. The van der Waals surface area contributed by atoms with Gasteiger partial charge in [-0.25, -0.2) is 0 Å². The van der Waals surface area contributed by atoms with Crippen LogP contribution in [-0.2, 0) is 23.7 Å². The third kappa shape index (κ3) is 35.3. The smallest absolute Gasteiger partial charge is 0.220 e. The quantitative estimate of drug-likeness (QED) is 0.0204. The molecule has 2 rings (SSSR count). The highest BCUT2D eigenvalue weighted by molar-refractivity contribution is 5.76. The van der Waals surface area contributed by atoms with Crippen LogP contribution in [0.2, 0.25) is 0 Å². The molecule has 0 radical (unpaired) electrons. The number of rotatable bonds is 50. The van der Waals surface area contributed by atoms with Crippen LogP contribution >= 0.6 is 0 Å². The number of carbonyl (C=O) groups excluding carboxylic acids is 1. The zero-order valence-electron chi connectivity index (χ0n) is 49.8. The minimum absolute atomic E-state index is 0.237. The number of unbranched alkanes of at least 4 members (excludes halogenated alkanes) is 25. The van der Waals surface area contributed by atoms with E-state index in [-0.39, 0.29) is 18.9 Å². The van der Waals surface area contributed by atoms with Crippen molar-refractivity contribution in [3.63, 3.8) is 0 Å². The van der Waals surface area contributed by atoms with Gasteiger partial charge in [-0.1, -0.05) is 227 Å². The van der Waals surface area contributed by atoms with E-state index in [1.807, 2.05) is 6.08 Å². The van der Waals surface area contributed by atoms with Crippen molar-refractivity contribution in [3.8, 4) is 0 Å². The lowest BCUT2D eigenvalue weighted by Crippen LogP contribution is -2.65. The molecule has 2 saturated heterocycles. The van der Waals surface area contributed by atoms with Gasteiger partial charge in [0, 0.05) is 6.42 Å². The van der Waals surface area contributed by atoms with Gasteiger partial charge in [0.1, 0.15) is 48.8 Å². The molecule has 2 heterocycles. The SMILES string of the molecule is CC/C=C\C/C=C\C/C=C\C/C=C\CCCCCCC(=O)NC(COC1OC(CO)C(OC2OC(CO)C(O)C(O)C2O)C(O)C1O)C(O)/C=C/CC/C=C/CC/C=C/CCCCCCCCCCCCCCCCCCCCC. The van der Waals surface area contributed by atoms with Crippen molar-refractivity contribution < 1.29 is 64.6 Å². The van der Waals surface area contributed by atoms with E-state index in [2.05, 4.69) is 92.1 Å². The van der Waals surface area contributed by atoms with Crippen LogP contribution in [0.5, 0.6) is 0 Å². The highest BCUT2D eigenvalue weighted by atomic mass is 16.7. The Bertz CT molecular complexity index is 1660. The van der Waals surface area contributed by atoms with E-state index in [1.165, 1.54) is 122 Å². The summed E-state index contributed by atoms with van der Waals surface area (Å²) in [7, 11) is 0. The number of hydrogen-bond acceptors (Lipinski definition) is 13. The molecule has 9 N–H and O–H groups in total. The molecule has 14 heteroatoms. The van der Waals surface area contributed by atoms with Crippen LogP contribution in [0.15, 0.2) is 85.1 Å². The second kappa shape index (κ2) is 50.7. The first-order valence-corrected chi connectivity index (χ1v) is 31.8. The average molecular weight is 1130 g/mol. The zero-order chi connectivity index (χ0) is 58.1. The number of allylic oxidation sites excluding steroid dienone is 13. The predicted molar refractivity (Wildman–Crippen MR) is 323 cm³/mol. The maximum absolute atomic E-state index is 13.2. The summed E-state index contributed by atoms with van der Waals surface area (Å²) >= 11 is 0. The monoisotopic (exact) mass is 1130 g/mol. The molecular formula is C66H115NO13. The Morgan fingerprint density at radius 3 is 1.38 bits per heavy atom. The predicted octanol–water partition coefficient (Wildman–Crippen LogP) is 11.7. The topological polar surface area (TPSA) is 228 Å². The lowest BCUT2D eigenvalue weighted by molar-refractivity contribution is -0.359. The van der Waals surface area contributed by atoms with Gasteiger partial charge in [-0.05, 0) is 83.5 Å². The molecule has 0 aromatic heterocycles. The molecule has 1 amide bonds. The first-order valence-electron chi connectivity index (χ1n) is 31.8. The lowest BCUT2D eigenvalue weighted by Gasteiger charge is -2.46. The number of amides is 1. The summed E-state index contributed by atoms with van der Waals surface area (Å²) in [5.74, 6) is -0.279. The van der Waals surface area contributed by atoms with E-state index < -0.39 is 86.8 Å². The van der Waals surface area contributed by atoms with Crippen LogP contribution in [0.4, 0.5) is 0 Å². The molecule has 2 aliphatic heterocycles. The minimum atomic E-state index is -1.80. The molecule has 14 nitrogen and oxygen atoms in total. The van der Waals surface area contributed by atoms with Crippen molar-refractivity contribution in [2.24, 2.45) is 0 Å². The molecule has 0 aromatic carbocycles. The third-order valence-corrected chi connectivity index (χ3v) is 15.0. The number of hydrogen-bond donors (Lipinski definition) is 9. The van der Waals surface area contributed by atoms with E-state index in [4.69, 9.17) is 18.9 Å². The summed E-state index contributed by atoms with van der Waals surface area (Å²) in [5.41, 5.74) is 0. The first kappa shape index (κ1) is 73.3. The maximum atomic E-state index is 13.2. The third-order valence-electron chi connectivity index (χ3n) is 15.0. The summed E-state index contributed by atoms with van der Waals surface area (Å²) in [6.07, 6.45) is 52.1. The van der Waals surface area contributed by atoms with E-state index in [0.29, 0.717) is 12.8 Å². The first-order chi connectivity index (χ1) is 39.1. The highest BCUT2D eigenvalue weighted by Crippen LogP contribution is 2.30. The van der Waals surface area contributed by atoms with E-state index >= 15 is 0 Å². The summed E-state index contributed by atoms with van der Waals surface area (Å²) in [6, 6.07) is -0.957. The van der Waals surface area contributed by atoms with Gasteiger partial charge in [0.2, 0.25) is 5.91 Å². The summed E-state index contributed by atoms with van der Waals surface area (Å²) < 4.78 is 22.8. The molecule has 0 spiro atoms. The number of aliphatic hydroxyl groups is 8. The molecule has 0 aliphatic carbocycles. The largest absolute Gasteiger partial charge is 0.394 e. The van der Waals surface area contributed by atoms with Gasteiger partial charge >= 0.3 is 0 Å². The van der Waals surface area contributed by atoms with Gasteiger partial charge in [0.25, 0.3) is 0 Å². The molecule has 80 heavy (non-hydrogen) atoms. The Balaban J connectivity index is 1.75. The lowest BCUT2D eigenvalue weighted by atomic mass is 9.97. The standard InChI is InChI=1S/C66H115NO13/c1-3-5-7-9-11-13-15-17-19-21-22-23-24-25-26-27-28-29-30-31-32-34-35-37-39-41-43-45-47-49-55(70)54(67-58(71)50-48-46-44-42-40-38-36-33-20-18-16-14-12-10-8-6-4-2)53-77-65-63(76)61(74)64(57(52-69)79-65)80-66-62(75)60(73)59(72)56(51-68)78-66/h6,8,12,14,18,20,32,34,36,38-39,41,47,49,54-57,59-66,68-70,72-76H,3-5,7,9-11,13,15-17,19,21-31,33,35,37,40,42-46,48,50-53H2,1-2H3,(H,67,71)/b8-6-,14-12-,20-18-,34-32+,38-36-,41-39+,49-47+. The van der Waals surface area contributed by atoms with Crippen molar-refractivity contribution in [2.75, 3.05) is 19.8 Å². The van der Waals surface area contributed by atoms with Gasteiger partial charge in [0.05, 0.1) is 32.0 Å². The van der Waals surface area contributed by atoms with E-state index in [9.17, 15) is 45.6 Å². The van der Waals surface area contributed by atoms with Crippen LogP contribution in [0, 0.1) is 0 Å². The Labute approximate surface area is 484 Å². The van der Waals surface area contributed by atoms with Gasteiger partial charge in [0.15, 0.2) is 12.6 Å². The van der Waals surface area contributed by atoms with E-state index in [0.717, 1.165) is 77.0 Å². The number of ether oxygens (including phenoxy) is 4. The number of aliphatic hydroxyl groups excluding tert-OH is 8. The summed E-state index contributed by atoms with van der Waals surface area (Å²) in [4.78, 5) is 13.2. The summed E-state index contributed by atoms with van der Waals surface area (Å²) in [5, 5.41) is 87.1. The molecule has 2 fully saturated rings. The number of carbonyl (C=O) groups is 1. The molecule has 12 unspecified atom stereocenters. The summed E-state index contributed by atoms with van der Waals surface area (Å²) in [6.45, 7) is 2.65. The second-order valence-corrected chi connectivity index (χ2v) is 22.1. The zero-order valence-corrected chi connectivity index (χ0v) is 49.8. The fourth-order valence-corrected chi connectivity index (χ4v) is 9.96. The van der Waals surface area contributed by atoms with Crippen LogP contribution in [-0.4, -0.2) is 140 Å². The van der Waals surface area contributed by atoms with Gasteiger partial charge in [-0.2, -0.15) is 0 Å². The van der Waals surface area contributed by atoms with Gasteiger partial charge in [-0.15, -0.1) is 0 Å². The minimum Gasteiger partial charge on any atom is -0.394 e. The second-order valence-electron chi connectivity index (χ2n) is 22.1. The Hall–Kier alpha value is -2.83. The fraction of sp³-hybridized carbons (Fsp3) is 0.773. The van der Waals surface area contributed by atoms with Crippen LogP contribution in [0.1, 0.15) is 232 Å². The molecular weight excluding hydrogens is 1010 g/mol. The molecule has 0 aromatic rings. The van der Waals surface area contributed by atoms with Crippen molar-refractivity contribution in [3.05, 3.63) is 85.1 Å². The normalized spacial score (nSPS) is 24.8. The van der Waals surface area contributed by atoms with Crippen LogP contribution in [0.25, 0.3) is 0 Å². The molecule has 2 aliphatic rings. The molecule has 0 saturated carbocycles. The van der Waals surface area contributed by atoms with Gasteiger partial charge in [-0.3, -0.25) is 4.79 Å². The van der Waals surface area contributed by atoms with Crippen molar-refractivity contribution in [1.82, 2.24) is 5.32 Å². The Morgan fingerprint density at radius 1 is 0.463 bits per heavy atom. The average Bonchev–Trinajstić information content (AvgIpc) is 3.49. The van der Waals surface area contributed by atoms with Crippen molar-refractivity contribution >= 4 is 5.91 Å². The van der Waals surface area contributed by atoms with E-state index in [1.54, 1.807) is 6.08 Å². The number of nitrogens with one attached hydrogen (secondary N) is 1.